The maximum atomic E-state index is 12.6. The number of anilines is 1. The summed E-state index contributed by atoms with van der Waals surface area (Å²) in [5.41, 5.74) is 12.3. The number of nitrogen functional groups attached to an aromatic ring is 1. The molecule has 1 fully saturated rings. The Morgan fingerprint density at radius 3 is 3.00 bits per heavy atom. The molecular formula is C14H16ClN3OS. The van der Waals surface area contributed by atoms with E-state index in [9.17, 15) is 4.79 Å². The molecule has 106 valence electrons. The van der Waals surface area contributed by atoms with Gasteiger partial charge in [0.25, 0.3) is 5.91 Å². The number of benzene rings is 1. The predicted octanol–water partition coefficient (Wildman–Crippen LogP) is 2.56. The first-order valence-electron chi connectivity index (χ1n) is 6.57. The second-order valence-corrected chi connectivity index (χ2v) is 6.62. The lowest BCUT2D eigenvalue weighted by molar-refractivity contribution is 0.0793. The zero-order chi connectivity index (χ0) is 14.3. The monoisotopic (exact) mass is 309 g/mol. The van der Waals surface area contributed by atoms with Crippen molar-refractivity contribution in [1.82, 2.24) is 4.90 Å². The van der Waals surface area contributed by atoms with Gasteiger partial charge in [0.1, 0.15) is 4.88 Å². The lowest BCUT2D eigenvalue weighted by Gasteiger charge is -2.15. The van der Waals surface area contributed by atoms with Crippen LogP contribution in [0, 0.1) is 5.92 Å². The second kappa shape index (κ2) is 5.24. The molecule has 1 atom stereocenters. The Bertz CT molecular complexity index is 670. The minimum absolute atomic E-state index is 0.00997. The number of rotatable bonds is 2. The molecule has 6 heteroatoms. The number of carbonyl (C=O) groups is 1. The summed E-state index contributed by atoms with van der Waals surface area (Å²) in [7, 11) is 0. The Labute approximate surface area is 126 Å². The van der Waals surface area contributed by atoms with Gasteiger partial charge in [-0.3, -0.25) is 4.79 Å². The van der Waals surface area contributed by atoms with Crippen LogP contribution in [0.4, 0.5) is 5.69 Å². The van der Waals surface area contributed by atoms with Gasteiger partial charge in [-0.1, -0.05) is 11.6 Å². The zero-order valence-corrected chi connectivity index (χ0v) is 12.5. The van der Waals surface area contributed by atoms with Crippen LogP contribution < -0.4 is 11.5 Å². The molecular weight excluding hydrogens is 294 g/mol. The van der Waals surface area contributed by atoms with Crippen molar-refractivity contribution in [2.75, 3.05) is 25.4 Å². The van der Waals surface area contributed by atoms with E-state index in [0.29, 0.717) is 28.0 Å². The van der Waals surface area contributed by atoms with Gasteiger partial charge in [0.2, 0.25) is 0 Å². The standard InChI is InChI=1S/C14H16ClN3OS/c15-9-1-2-11-10(5-9)12(17)13(20-11)14(19)18-4-3-8(6-16)7-18/h1-2,5,8H,3-4,6-7,16-17H2. The van der Waals surface area contributed by atoms with Crippen LogP contribution in [0.5, 0.6) is 0 Å². The summed E-state index contributed by atoms with van der Waals surface area (Å²) in [6, 6.07) is 5.53. The molecule has 1 amide bonds. The minimum Gasteiger partial charge on any atom is -0.397 e. The molecule has 1 aromatic heterocycles. The van der Waals surface area contributed by atoms with E-state index in [0.717, 1.165) is 29.6 Å². The lowest BCUT2D eigenvalue weighted by Crippen LogP contribution is -2.29. The zero-order valence-electron chi connectivity index (χ0n) is 10.9. The van der Waals surface area contributed by atoms with Crippen molar-refractivity contribution >= 4 is 44.6 Å². The van der Waals surface area contributed by atoms with E-state index in [-0.39, 0.29) is 5.91 Å². The smallest absolute Gasteiger partial charge is 0.266 e. The number of fused-ring (bicyclic) bond motifs is 1. The molecule has 3 rings (SSSR count). The highest BCUT2D eigenvalue weighted by Crippen LogP contribution is 2.36. The summed E-state index contributed by atoms with van der Waals surface area (Å²) < 4.78 is 0.991. The van der Waals surface area contributed by atoms with Gasteiger partial charge in [0, 0.05) is 28.2 Å². The van der Waals surface area contributed by atoms with Crippen LogP contribution in [-0.4, -0.2) is 30.4 Å². The molecule has 0 bridgehead atoms. The van der Waals surface area contributed by atoms with Gasteiger partial charge in [-0.15, -0.1) is 11.3 Å². The van der Waals surface area contributed by atoms with Gasteiger partial charge in [-0.2, -0.15) is 0 Å². The first-order valence-corrected chi connectivity index (χ1v) is 7.76. The van der Waals surface area contributed by atoms with Crippen LogP contribution >= 0.6 is 22.9 Å². The summed E-state index contributed by atoms with van der Waals surface area (Å²) >= 11 is 7.41. The van der Waals surface area contributed by atoms with Crippen molar-refractivity contribution in [3.63, 3.8) is 0 Å². The van der Waals surface area contributed by atoms with E-state index in [1.54, 1.807) is 0 Å². The highest BCUT2D eigenvalue weighted by Gasteiger charge is 2.28. The van der Waals surface area contributed by atoms with Gasteiger partial charge in [0.05, 0.1) is 5.69 Å². The van der Waals surface area contributed by atoms with Crippen molar-refractivity contribution in [3.05, 3.63) is 28.1 Å². The van der Waals surface area contributed by atoms with Gasteiger partial charge < -0.3 is 16.4 Å². The molecule has 2 heterocycles. The molecule has 4 nitrogen and oxygen atoms in total. The fourth-order valence-corrected chi connectivity index (χ4v) is 3.84. The maximum absolute atomic E-state index is 12.6. The third-order valence-electron chi connectivity index (χ3n) is 3.79. The summed E-state index contributed by atoms with van der Waals surface area (Å²) in [4.78, 5) is 15.0. The van der Waals surface area contributed by atoms with Crippen molar-refractivity contribution in [2.45, 2.75) is 6.42 Å². The summed E-state index contributed by atoms with van der Waals surface area (Å²) in [5, 5.41) is 1.49. The van der Waals surface area contributed by atoms with E-state index in [4.69, 9.17) is 23.1 Å². The van der Waals surface area contributed by atoms with Crippen molar-refractivity contribution in [1.29, 1.82) is 0 Å². The highest BCUT2D eigenvalue weighted by atomic mass is 35.5. The molecule has 2 aromatic rings. The van der Waals surface area contributed by atoms with Crippen LogP contribution in [0.15, 0.2) is 18.2 Å². The number of nitrogens with zero attached hydrogens (tertiary/aromatic N) is 1. The van der Waals surface area contributed by atoms with Crippen molar-refractivity contribution in [3.8, 4) is 0 Å². The van der Waals surface area contributed by atoms with Crippen LogP contribution in [0.2, 0.25) is 5.02 Å². The number of hydrogen-bond acceptors (Lipinski definition) is 4. The molecule has 1 saturated heterocycles. The first-order chi connectivity index (χ1) is 9.60. The summed E-state index contributed by atoms with van der Waals surface area (Å²) in [6.07, 6.45) is 0.971. The number of halogens is 1. The van der Waals surface area contributed by atoms with Crippen molar-refractivity contribution < 1.29 is 4.79 Å². The van der Waals surface area contributed by atoms with E-state index in [1.165, 1.54) is 11.3 Å². The Morgan fingerprint density at radius 1 is 1.50 bits per heavy atom. The third kappa shape index (κ3) is 2.26. The molecule has 4 N–H and O–H groups in total. The van der Waals surface area contributed by atoms with Crippen LogP contribution in [0.1, 0.15) is 16.1 Å². The Kier molecular flexibility index (Phi) is 3.58. The fraction of sp³-hybridized carbons (Fsp3) is 0.357. The molecule has 0 radical (unpaired) electrons. The number of hydrogen-bond donors (Lipinski definition) is 2. The summed E-state index contributed by atoms with van der Waals surface area (Å²) in [6.45, 7) is 2.11. The Morgan fingerprint density at radius 2 is 2.30 bits per heavy atom. The minimum atomic E-state index is 0.00997. The Balaban J connectivity index is 1.94. The molecule has 20 heavy (non-hydrogen) atoms. The predicted molar refractivity (Wildman–Crippen MR) is 84.3 cm³/mol. The molecule has 1 aromatic carbocycles. The quantitative estimate of drug-likeness (QED) is 0.895. The molecule has 1 unspecified atom stereocenters. The maximum Gasteiger partial charge on any atom is 0.266 e. The van der Waals surface area contributed by atoms with E-state index >= 15 is 0 Å². The third-order valence-corrected chi connectivity index (χ3v) is 5.20. The first kappa shape index (κ1) is 13.7. The number of likely N-dealkylation sites (tertiary alicyclic amines) is 1. The average molecular weight is 310 g/mol. The molecule has 1 aliphatic rings. The van der Waals surface area contributed by atoms with Crippen LogP contribution in [0.25, 0.3) is 10.1 Å². The highest BCUT2D eigenvalue weighted by molar-refractivity contribution is 7.21. The SMILES string of the molecule is NCC1CCN(C(=O)c2sc3ccc(Cl)cc3c2N)C1. The Hall–Kier alpha value is -1.30. The molecule has 1 aliphatic heterocycles. The number of nitrogens with two attached hydrogens (primary N) is 2. The van der Waals surface area contributed by atoms with E-state index in [2.05, 4.69) is 0 Å². The van der Waals surface area contributed by atoms with Gasteiger partial charge >= 0.3 is 0 Å². The number of carbonyl (C=O) groups excluding carboxylic acids is 1. The topological polar surface area (TPSA) is 72.3 Å². The second-order valence-electron chi connectivity index (χ2n) is 5.13. The van der Waals surface area contributed by atoms with E-state index in [1.807, 2.05) is 23.1 Å². The normalized spacial score (nSPS) is 18.9. The molecule has 0 saturated carbocycles. The van der Waals surface area contributed by atoms with Gasteiger partial charge in [-0.25, -0.2) is 0 Å². The number of thiophene rings is 1. The van der Waals surface area contributed by atoms with E-state index < -0.39 is 0 Å². The van der Waals surface area contributed by atoms with Gasteiger partial charge in [0.15, 0.2) is 0 Å². The van der Waals surface area contributed by atoms with Crippen LogP contribution in [0.3, 0.4) is 0 Å². The van der Waals surface area contributed by atoms with Crippen LogP contribution in [-0.2, 0) is 0 Å². The van der Waals surface area contributed by atoms with Crippen molar-refractivity contribution in [2.24, 2.45) is 11.7 Å². The summed E-state index contributed by atoms with van der Waals surface area (Å²) in [5.74, 6) is 0.416. The molecule has 0 aliphatic carbocycles. The average Bonchev–Trinajstić information content (AvgIpc) is 3.04. The van der Waals surface area contributed by atoms with Gasteiger partial charge in [-0.05, 0) is 37.1 Å². The largest absolute Gasteiger partial charge is 0.397 e. The fourth-order valence-electron chi connectivity index (χ4n) is 2.60. The number of amides is 1. The molecule has 0 spiro atoms. The lowest BCUT2D eigenvalue weighted by atomic mass is 10.1.